The van der Waals surface area contributed by atoms with Crippen LogP contribution in [0, 0.1) is 6.92 Å². The van der Waals surface area contributed by atoms with Crippen LogP contribution in [0.4, 0.5) is 11.4 Å². The second-order valence-corrected chi connectivity index (χ2v) is 6.80. The number of aromatic nitrogens is 2. The van der Waals surface area contributed by atoms with Crippen molar-refractivity contribution in [2.75, 3.05) is 30.4 Å². The van der Waals surface area contributed by atoms with E-state index in [2.05, 4.69) is 26.3 Å². The minimum atomic E-state index is -0.183. The number of methoxy groups -OCH3 is 1. The summed E-state index contributed by atoms with van der Waals surface area (Å²) in [6, 6.07) is 11.5. The van der Waals surface area contributed by atoms with E-state index >= 15 is 0 Å². The fourth-order valence-electron chi connectivity index (χ4n) is 3.52. The van der Waals surface area contributed by atoms with Gasteiger partial charge in [-0.2, -0.15) is 0 Å². The molecule has 138 valence electrons. The summed E-state index contributed by atoms with van der Waals surface area (Å²) < 4.78 is 5.50. The average molecular weight is 362 g/mol. The number of carbonyl (C=O) groups excluding carboxylic acids is 1. The molecule has 0 bridgehead atoms. The molecule has 1 atom stereocenters. The van der Waals surface area contributed by atoms with Crippen LogP contribution in [0.2, 0.25) is 0 Å². The lowest BCUT2D eigenvalue weighted by Crippen LogP contribution is -2.22. The molecule has 1 N–H and O–H groups in total. The zero-order valence-electron chi connectivity index (χ0n) is 15.5. The van der Waals surface area contributed by atoms with Crippen LogP contribution in [-0.4, -0.2) is 42.2 Å². The predicted octanol–water partition coefficient (Wildman–Crippen LogP) is 3.42. The van der Waals surface area contributed by atoms with E-state index < -0.39 is 0 Å². The Bertz CT molecular complexity index is 975. The summed E-state index contributed by atoms with van der Waals surface area (Å²) in [5.74, 6) is -0.183. The SMILES string of the molecule is COC1CCN(c2cc(C)nc3cc(NC(=O)c4cccnc4)ccc23)C1. The molecule has 3 heterocycles. The van der Waals surface area contributed by atoms with Gasteiger partial charge in [-0.3, -0.25) is 14.8 Å². The smallest absolute Gasteiger partial charge is 0.257 e. The molecule has 0 radical (unpaired) electrons. The molecular formula is C21H22N4O2. The largest absolute Gasteiger partial charge is 0.380 e. The lowest BCUT2D eigenvalue weighted by Gasteiger charge is -2.21. The highest BCUT2D eigenvalue weighted by Gasteiger charge is 2.24. The first-order valence-electron chi connectivity index (χ1n) is 9.04. The highest BCUT2D eigenvalue weighted by atomic mass is 16.5. The van der Waals surface area contributed by atoms with E-state index in [4.69, 9.17) is 4.74 Å². The number of carbonyl (C=O) groups is 1. The van der Waals surface area contributed by atoms with Crippen molar-refractivity contribution in [3.8, 4) is 0 Å². The number of benzene rings is 1. The Balaban J connectivity index is 1.64. The van der Waals surface area contributed by atoms with Gasteiger partial charge in [0.05, 0.1) is 17.2 Å². The van der Waals surface area contributed by atoms with Crippen molar-refractivity contribution < 1.29 is 9.53 Å². The van der Waals surface area contributed by atoms with Gasteiger partial charge in [0.25, 0.3) is 5.91 Å². The van der Waals surface area contributed by atoms with Crippen molar-refractivity contribution in [3.05, 3.63) is 60.0 Å². The number of nitrogens with zero attached hydrogens (tertiary/aromatic N) is 3. The summed E-state index contributed by atoms with van der Waals surface area (Å²) in [7, 11) is 1.77. The minimum absolute atomic E-state index is 0.183. The van der Waals surface area contributed by atoms with E-state index in [9.17, 15) is 4.79 Å². The molecule has 6 nitrogen and oxygen atoms in total. The standard InChI is InChI=1S/C21H22N4O2/c1-14-10-20(25-9-7-17(13-25)27-2)18-6-5-16(11-19(18)23-14)24-21(26)15-4-3-8-22-12-15/h3-6,8,10-12,17H,7,9,13H2,1-2H3,(H,24,26). The predicted molar refractivity (Wildman–Crippen MR) is 106 cm³/mol. The third-order valence-electron chi connectivity index (χ3n) is 4.92. The second-order valence-electron chi connectivity index (χ2n) is 6.80. The second kappa shape index (κ2) is 7.32. The van der Waals surface area contributed by atoms with E-state index in [1.807, 2.05) is 25.1 Å². The molecule has 1 aromatic carbocycles. The Morgan fingerprint density at radius 2 is 2.19 bits per heavy atom. The molecule has 4 rings (SSSR count). The number of rotatable bonds is 4. The summed E-state index contributed by atoms with van der Waals surface area (Å²) in [6.07, 6.45) is 4.49. The van der Waals surface area contributed by atoms with E-state index in [-0.39, 0.29) is 12.0 Å². The third-order valence-corrected chi connectivity index (χ3v) is 4.92. The zero-order chi connectivity index (χ0) is 18.8. The van der Waals surface area contributed by atoms with Crippen molar-refractivity contribution in [2.45, 2.75) is 19.4 Å². The lowest BCUT2D eigenvalue weighted by atomic mass is 10.1. The number of anilines is 2. The van der Waals surface area contributed by atoms with Gasteiger partial charge in [-0.1, -0.05) is 0 Å². The van der Waals surface area contributed by atoms with Gasteiger partial charge in [0.1, 0.15) is 0 Å². The molecule has 1 unspecified atom stereocenters. The quantitative estimate of drug-likeness (QED) is 0.770. The van der Waals surface area contributed by atoms with Gasteiger partial charge in [0.2, 0.25) is 0 Å². The van der Waals surface area contributed by atoms with Crippen molar-refractivity contribution in [3.63, 3.8) is 0 Å². The molecule has 27 heavy (non-hydrogen) atoms. The molecule has 0 spiro atoms. The van der Waals surface area contributed by atoms with E-state index in [1.165, 1.54) is 5.69 Å². The third kappa shape index (κ3) is 3.61. The normalized spacial score (nSPS) is 16.7. The monoisotopic (exact) mass is 362 g/mol. The van der Waals surface area contributed by atoms with Crippen LogP contribution in [0.5, 0.6) is 0 Å². The van der Waals surface area contributed by atoms with Gasteiger partial charge in [0.15, 0.2) is 0 Å². The topological polar surface area (TPSA) is 67.3 Å². The summed E-state index contributed by atoms with van der Waals surface area (Å²) in [6.45, 7) is 3.85. The maximum atomic E-state index is 12.4. The summed E-state index contributed by atoms with van der Waals surface area (Å²) >= 11 is 0. The van der Waals surface area contributed by atoms with Crippen LogP contribution in [0.15, 0.2) is 48.8 Å². The minimum Gasteiger partial charge on any atom is -0.380 e. The summed E-state index contributed by atoms with van der Waals surface area (Å²) in [4.78, 5) is 23.4. The molecule has 1 fully saturated rings. The van der Waals surface area contributed by atoms with Crippen molar-refractivity contribution in [1.29, 1.82) is 0 Å². The van der Waals surface area contributed by atoms with Gasteiger partial charge in [-0.25, -0.2) is 0 Å². The number of fused-ring (bicyclic) bond motifs is 1. The Labute approximate surface area is 158 Å². The van der Waals surface area contributed by atoms with E-state index in [0.29, 0.717) is 5.56 Å². The molecule has 1 aliphatic rings. The van der Waals surface area contributed by atoms with Crippen LogP contribution in [-0.2, 0) is 4.74 Å². The fourth-order valence-corrected chi connectivity index (χ4v) is 3.52. The number of hydrogen-bond donors (Lipinski definition) is 1. The maximum Gasteiger partial charge on any atom is 0.257 e. The molecule has 1 saturated heterocycles. The molecule has 1 amide bonds. The molecular weight excluding hydrogens is 340 g/mol. The number of aryl methyl sites for hydroxylation is 1. The summed E-state index contributed by atoms with van der Waals surface area (Å²) in [5.41, 5.74) is 4.24. The zero-order valence-corrected chi connectivity index (χ0v) is 15.5. The molecule has 2 aromatic heterocycles. The molecule has 6 heteroatoms. The first-order valence-corrected chi connectivity index (χ1v) is 9.04. The van der Waals surface area contributed by atoms with E-state index in [1.54, 1.807) is 31.6 Å². The van der Waals surface area contributed by atoms with Gasteiger partial charge in [-0.05, 0) is 49.7 Å². The van der Waals surface area contributed by atoms with Crippen molar-refractivity contribution in [2.24, 2.45) is 0 Å². The number of nitrogens with one attached hydrogen (secondary N) is 1. The van der Waals surface area contributed by atoms with Gasteiger partial charge >= 0.3 is 0 Å². The summed E-state index contributed by atoms with van der Waals surface area (Å²) in [5, 5.41) is 4.00. The first kappa shape index (κ1) is 17.4. The Morgan fingerprint density at radius 1 is 1.30 bits per heavy atom. The van der Waals surface area contributed by atoms with Crippen LogP contribution >= 0.6 is 0 Å². The van der Waals surface area contributed by atoms with Gasteiger partial charge < -0.3 is 15.0 Å². The van der Waals surface area contributed by atoms with Crippen LogP contribution < -0.4 is 10.2 Å². The van der Waals surface area contributed by atoms with Gasteiger partial charge in [-0.15, -0.1) is 0 Å². The Hall–Kier alpha value is -2.99. The fraction of sp³-hybridized carbons (Fsp3) is 0.286. The Morgan fingerprint density at radius 3 is 2.93 bits per heavy atom. The number of hydrogen-bond acceptors (Lipinski definition) is 5. The van der Waals surface area contributed by atoms with Crippen LogP contribution in [0.1, 0.15) is 22.5 Å². The molecule has 0 saturated carbocycles. The Kier molecular flexibility index (Phi) is 4.73. The van der Waals surface area contributed by atoms with Crippen LogP contribution in [0.25, 0.3) is 10.9 Å². The molecule has 0 aliphatic carbocycles. The maximum absolute atomic E-state index is 12.4. The molecule has 1 aliphatic heterocycles. The van der Waals surface area contributed by atoms with Crippen molar-refractivity contribution in [1.82, 2.24) is 9.97 Å². The van der Waals surface area contributed by atoms with Crippen LogP contribution in [0.3, 0.4) is 0 Å². The number of amides is 1. The molecule has 3 aromatic rings. The highest BCUT2D eigenvalue weighted by molar-refractivity contribution is 6.05. The van der Waals surface area contributed by atoms with Crippen molar-refractivity contribution >= 4 is 28.2 Å². The lowest BCUT2D eigenvalue weighted by molar-refractivity contribution is 0.102. The average Bonchev–Trinajstić information content (AvgIpc) is 3.17. The number of pyridine rings is 2. The first-order chi connectivity index (χ1) is 13.1. The number of ether oxygens (including phenoxy) is 1. The van der Waals surface area contributed by atoms with E-state index in [0.717, 1.165) is 41.8 Å². The highest BCUT2D eigenvalue weighted by Crippen LogP contribution is 2.31. The van der Waals surface area contributed by atoms with Gasteiger partial charge in [0, 0.05) is 55.0 Å².